The topological polar surface area (TPSA) is 66.6 Å². The summed E-state index contributed by atoms with van der Waals surface area (Å²) in [5, 5.41) is -0.318. The molecule has 0 radical (unpaired) electrons. The van der Waals surface area contributed by atoms with Crippen LogP contribution in [0.25, 0.3) is 0 Å². The lowest BCUT2D eigenvalue weighted by molar-refractivity contribution is 0.249. The van der Waals surface area contributed by atoms with Gasteiger partial charge in [0.25, 0.3) is 0 Å². The summed E-state index contributed by atoms with van der Waals surface area (Å²) < 4.78 is 20.4. The third-order valence-corrected chi connectivity index (χ3v) is 3.57. The van der Waals surface area contributed by atoms with Crippen LogP contribution >= 0.6 is 0 Å². The normalized spacial score (nSPS) is 17.7. The Balaban J connectivity index is 4.32. The SMILES string of the molecule is CCCC(N)CC(N(CC)CC)S(=O)O. The predicted molar refractivity (Wildman–Crippen MR) is 65.0 cm³/mol. The Labute approximate surface area is 95.5 Å². The molecule has 3 atom stereocenters. The average Bonchev–Trinajstić information content (AvgIpc) is 2.18. The Morgan fingerprint density at radius 1 is 1.33 bits per heavy atom. The lowest BCUT2D eigenvalue weighted by atomic mass is 10.1. The summed E-state index contributed by atoms with van der Waals surface area (Å²) in [4.78, 5) is 1.99. The minimum Gasteiger partial charge on any atom is -0.328 e. The van der Waals surface area contributed by atoms with Crippen molar-refractivity contribution < 1.29 is 8.76 Å². The maximum absolute atomic E-state index is 11.2. The standard InChI is InChI=1S/C10H24N2O2S/c1-4-7-9(11)8-10(15(13)14)12(5-2)6-3/h9-10H,4-8,11H2,1-3H3,(H,13,14). The molecule has 0 aliphatic heterocycles. The molecule has 0 rings (SSSR count). The van der Waals surface area contributed by atoms with Gasteiger partial charge in [-0.15, -0.1) is 0 Å². The smallest absolute Gasteiger partial charge is 0.170 e. The molecule has 0 aromatic rings. The van der Waals surface area contributed by atoms with Gasteiger partial charge in [0.05, 0.1) is 0 Å². The molecule has 0 bridgehead atoms. The highest BCUT2D eigenvalue weighted by molar-refractivity contribution is 7.79. The first-order valence-corrected chi connectivity index (χ1v) is 6.82. The van der Waals surface area contributed by atoms with Gasteiger partial charge in [0.15, 0.2) is 11.1 Å². The molecule has 3 unspecified atom stereocenters. The number of hydrogen-bond acceptors (Lipinski definition) is 3. The second-order valence-corrected chi connectivity index (χ2v) is 4.83. The van der Waals surface area contributed by atoms with E-state index in [-0.39, 0.29) is 11.4 Å². The van der Waals surface area contributed by atoms with Crippen LogP contribution in [0.5, 0.6) is 0 Å². The maximum atomic E-state index is 11.2. The van der Waals surface area contributed by atoms with Gasteiger partial charge in [-0.05, 0) is 25.9 Å². The molecule has 5 heteroatoms. The highest BCUT2D eigenvalue weighted by atomic mass is 32.2. The zero-order valence-electron chi connectivity index (χ0n) is 9.98. The summed E-state index contributed by atoms with van der Waals surface area (Å²) in [7, 11) is 0. The van der Waals surface area contributed by atoms with Gasteiger partial charge in [-0.25, -0.2) is 4.21 Å². The molecule has 0 saturated heterocycles. The van der Waals surface area contributed by atoms with E-state index in [0.29, 0.717) is 6.42 Å². The second-order valence-electron chi connectivity index (χ2n) is 3.74. The van der Waals surface area contributed by atoms with Crippen molar-refractivity contribution in [1.82, 2.24) is 4.90 Å². The van der Waals surface area contributed by atoms with E-state index in [4.69, 9.17) is 5.73 Å². The van der Waals surface area contributed by atoms with Gasteiger partial charge < -0.3 is 10.3 Å². The van der Waals surface area contributed by atoms with Crippen LogP contribution in [-0.4, -0.2) is 38.2 Å². The van der Waals surface area contributed by atoms with Gasteiger partial charge in [-0.2, -0.15) is 0 Å². The fraction of sp³-hybridized carbons (Fsp3) is 1.00. The van der Waals surface area contributed by atoms with Crippen molar-refractivity contribution in [1.29, 1.82) is 0 Å². The van der Waals surface area contributed by atoms with Crippen LogP contribution in [0.2, 0.25) is 0 Å². The van der Waals surface area contributed by atoms with Gasteiger partial charge in [-0.1, -0.05) is 27.2 Å². The molecule has 0 aliphatic rings. The van der Waals surface area contributed by atoms with Crippen molar-refractivity contribution in [3.05, 3.63) is 0 Å². The van der Waals surface area contributed by atoms with E-state index in [1.54, 1.807) is 0 Å². The van der Waals surface area contributed by atoms with Crippen LogP contribution in [0.3, 0.4) is 0 Å². The van der Waals surface area contributed by atoms with E-state index in [1.165, 1.54) is 0 Å². The van der Waals surface area contributed by atoms with Crippen molar-refractivity contribution in [2.45, 2.75) is 51.4 Å². The Hall–Kier alpha value is 0.0300. The molecule has 0 aromatic heterocycles. The molecule has 0 fully saturated rings. The first kappa shape index (κ1) is 15.0. The Kier molecular flexibility index (Phi) is 8.23. The fourth-order valence-electron chi connectivity index (χ4n) is 1.74. The summed E-state index contributed by atoms with van der Waals surface area (Å²) in [5.74, 6) is 0. The van der Waals surface area contributed by atoms with E-state index >= 15 is 0 Å². The molecule has 4 nitrogen and oxygen atoms in total. The number of nitrogens with zero attached hydrogens (tertiary/aromatic N) is 1. The molecular weight excluding hydrogens is 212 g/mol. The molecule has 0 saturated carbocycles. The Morgan fingerprint density at radius 2 is 1.87 bits per heavy atom. The fourth-order valence-corrected chi connectivity index (χ4v) is 2.70. The molecule has 0 heterocycles. The highest BCUT2D eigenvalue weighted by Crippen LogP contribution is 2.12. The number of rotatable bonds is 8. The minimum atomic E-state index is -1.81. The Bertz CT molecular complexity index is 186. The largest absolute Gasteiger partial charge is 0.328 e. The summed E-state index contributed by atoms with van der Waals surface area (Å²) in [6, 6.07) is 0.0247. The van der Waals surface area contributed by atoms with Crippen molar-refractivity contribution >= 4 is 11.1 Å². The molecule has 0 aromatic carbocycles. The third-order valence-electron chi connectivity index (χ3n) is 2.62. The van der Waals surface area contributed by atoms with Crippen LogP contribution in [0, 0.1) is 0 Å². The zero-order valence-corrected chi connectivity index (χ0v) is 10.8. The minimum absolute atomic E-state index is 0.0247. The van der Waals surface area contributed by atoms with Crippen molar-refractivity contribution in [2.75, 3.05) is 13.1 Å². The van der Waals surface area contributed by atoms with Crippen LogP contribution in [0.4, 0.5) is 0 Å². The molecular formula is C10H24N2O2S. The lowest BCUT2D eigenvalue weighted by Gasteiger charge is -2.28. The van der Waals surface area contributed by atoms with Crippen LogP contribution in [0.1, 0.15) is 40.0 Å². The first-order chi connectivity index (χ1) is 7.06. The van der Waals surface area contributed by atoms with Crippen LogP contribution < -0.4 is 5.73 Å². The van der Waals surface area contributed by atoms with E-state index < -0.39 is 11.1 Å². The van der Waals surface area contributed by atoms with Crippen molar-refractivity contribution in [3.63, 3.8) is 0 Å². The summed E-state index contributed by atoms with van der Waals surface area (Å²) >= 11 is -1.81. The Morgan fingerprint density at radius 3 is 2.20 bits per heavy atom. The van der Waals surface area contributed by atoms with Gasteiger partial charge in [0.2, 0.25) is 0 Å². The molecule has 92 valence electrons. The van der Waals surface area contributed by atoms with Crippen LogP contribution in [-0.2, 0) is 11.1 Å². The maximum Gasteiger partial charge on any atom is 0.170 e. The monoisotopic (exact) mass is 236 g/mol. The van der Waals surface area contributed by atoms with Gasteiger partial charge in [0.1, 0.15) is 5.37 Å². The molecule has 0 spiro atoms. The first-order valence-electron chi connectivity index (χ1n) is 5.65. The number of nitrogens with two attached hydrogens (primary N) is 1. The average molecular weight is 236 g/mol. The van der Waals surface area contributed by atoms with E-state index in [9.17, 15) is 8.76 Å². The molecule has 3 N–H and O–H groups in total. The quantitative estimate of drug-likeness (QED) is 0.625. The summed E-state index contributed by atoms with van der Waals surface area (Å²) in [6.07, 6.45) is 2.53. The second kappa shape index (κ2) is 8.21. The number of hydrogen-bond donors (Lipinski definition) is 2. The third kappa shape index (κ3) is 5.61. The van der Waals surface area contributed by atoms with Crippen molar-refractivity contribution in [2.24, 2.45) is 5.73 Å². The zero-order chi connectivity index (χ0) is 11.8. The van der Waals surface area contributed by atoms with E-state index in [1.807, 2.05) is 18.7 Å². The molecule has 15 heavy (non-hydrogen) atoms. The van der Waals surface area contributed by atoms with E-state index in [0.717, 1.165) is 25.9 Å². The molecule has 0 amide bonds. The molecule has 0 aliphatic carbocycles. The van der Waals surface area contributed by atoms with Crippen molar-refractivity contribution in [3.8, 4) is 0 Å². The van der Waals surface area contributed by atoms with Gasteiger partial charge in [0, 0.05) is 6.04 Å². The highest BCUT2D eigenvalue weighted by Gasteiger charge is 2.23. The van der Waals surface area contributed by atoms with Crippen LogP contribution in [0.15, 0.2) is 0 Å². The van der Waals surface area contributed by atoms with Gasteiger partial charge >= 0.3 is 0 Å². The lowest BCUT2D eigenvalue weighted by Crippen LogP contribution is -2.42. The summed E-state index contributed by atoms with van der Waals surface area (Å²) in [6.45, 7) is 7.63. The summed E-state index contributed by atoms with van der Waals surface area (Å²) in [5.41, 5.74) is 5.90. The van der Waals surface area contributed by atoms with Gasteiger partial charge in [-0.3, -0.25) is 4.90 Å². The predicted octanol–water partition coefficient (Wildman–Crippen LogP) is 1.39. The van der Waals surface area contributed by atoms with E-state index in [2.05, 4.69) is 6.92 Å².